The highest BCUT2D eigenvalue weighted by atomic mass is 32.1. The summed E-state index contributed by atoms with van der Waals surface area (Å²) < 4.78 is 1.17. The molecule has 1 saturated carbocycles. The van der Waals surface area contributed by atoms with Crippen molar-refractivity contribution in [2.75, 3.05) is 32.1 Å². The zero-order valence-corrected chi connectivity index (χ0v) is 15.2. The van der Waals surface area contributed by atoms with Gasteiger partial charge in [0.2, 0.25) is 5.91 Å². The third kappa shape index (κ3) is 3.40. The molecule has 0 atom stereocenters. The highest BCUT2D eigenvalue weighted by Gasteiger charge is 2.31. The van der Waals surface area contributed by atoms with Crippen molar-refractivity contribution >= 4 is 32.6 Å². The third-order valence-electron chi connectivity index (χ3n) is 4.54. The average Bonchev–Trinajstić information content (AvgIpc) is 2.80. The fraction of sp³-hybridized carbons (Fsp3) is 0.556. The Morgan fingerprint density at radius 2 is 2.00 bits per heavy atom. The van der Waals surface area contributed by atoms with Gasteiger partial charge in [-0.1, -0.05) is 23.8 Å². The van der Waals surface area contributed by atoms with Crippen LogP contribution in [0.5, 0.6) is 0 Å². The Morgan fingerprint density at radius 1 is 1.26 bits per heavy atom. The van der Waals surface area contributed by atoms with Gasteiger partial charge in [-0.3, -0.25) is 9.69 Å². The van der Waals surface area contributed by atoms with E-state index >= 15 is 0 Å². The Balaban J connectivity index is 1.94. The number of benzene rings is 1. The highest BCUT2D eigenvalue weighted by Crippen LogP contribution is 2.35. The molecular weight excluding hydrogens is 306 g/mol. The van der Waals surface area contributed by atoms with Crippen molar-refractivity contribution in [1.29, 1.82) is 0 Å². The van der Waals surface area contributed by atoms with Gasteiger partial charge < -0.3 is 4.90 Å². The topological polar surface area (TPSA) is 36.4 Å². The first-order valence-corrected chi connectivity index (χ1v) is 9.11. The predicted octanol–water partition coefficient (Wildman–Crippen LogP) is 3.61. The first-order valence-electron chi connectivity index (χ1n) is 8.29. The number of aryl methyl sites for hydroxylation is 2. The standard InChI is InChI=1S/C18H25N3OS/c1-12-10-13(2)16-15(11-12)23-18(19-16)21(9-8-20(3)4)17(22)14-6-5-7-14/h10-11,14H,5-9H2,1-4H3. The van der Waals surface area contributed by atoms with Gasteiger partial charge in [0.15, 0.2) is 5.13 Å². The molecule has 23 heavy (non-hydrogen) atoms. The molecule has 1 aromatic heterocycles. The summed E-state index contributed by atoms with van der Waals surface area (Å²) in [6, 6.07) is 4.32. The first-order chi connectivity index (χ1) is 11.0. The van der Waals surface area contributed by atoms with E-state index in [4.69, 9.17) is 4.98 Å². The van der Waals surface area contributed by atoms with Crippen LogP contribution < -0.4 is 4.90 Å². The maximum atomic E-state index is 12.8. The second-order valence-electron chi connectivity index (χ2n) is 6.85. The van der Waals surface area contributed by atoms with Gasteiger partial charge in [0.05, 0.1) is 10.2 Å². The fourth-order valence-electron chi connectivity index (χ4n) is 2.95. The van der Waals surface area contributed by atoms with Gasteiger partial charge >= 0.3 is 0 Å². The van der Waals surface area contributed by atoms with Gasteiger partial charge in [-0.2, -0.15) is 0 Å². The largest absolute Gasteiger partial charge is 0.308 e. The number of thiazole rings is 1. The van der Waals surface area contributed by atoms with E-state index in [1.165, 1.54) is 22.2 Å². The second-order valence-corrected chi connectivity index (χ2v) is 7.86. The lowest BCUT2D eigenvalue weighted by Crippen LogP contribution is -2.42. The average molecular weight is 331 g/mol. The van der Waals surface area contributed by atoms with Gasteiger partial charge in [0, 0.05) is 19.0 Å². The summed E-state index contributed by atoms with van der Waals surface area (Å²) in [4.78, 5) is 21.7. The molecule has 1 aliphatic rings. The lowest BCUT2D eigenvalue weighted by atomic mass is 9.84. The molecule has 1 fully saturated rings. The van der Waals surface area contributed by atoms with Gasteiger partial charge in [0.1, 0.15) is 0 Å². The zero-order chi connectivity index (χ0) is 16.6. The SMILES string of the molecule is Cc1cc(C)c2nc(N(CCN(C)C)C(=O)C3CCC3)sc2c1. The van der Waals surface area contributed by atoms with Crippen LogP contribution in [0.4, 0.5) is 5.13 Å². The Hall–Kier alpha value is -1.46. The molecule has 1 aliphatic carbocycles. The number of likely N-dealkylation sites (N-methyl/N-ethyl adjacent to an activating group) is 1. The number of anilines is 1. The van der Waals surface area contributed by atoms with E-state index in [1.54, 1.807) is 11.3 Å². The lowest BCUT2D eigenvalue weighted by Gasteiger charge is -2.30. The van der Waals surface area contributed by atoms with Gasteiger partial charge in [-0.15, -0.1) is 0 Å². The van der Waals surface area contributed by atoms with E-state index in [0.717, 1.165) is 30.0 Å². The Bertz CT molecular complexity index is 718. The number of nitrogens with zero attached hydrogens (tertiary/aromatic N) is 3. The number of carbonyl (C=O) groups excluding carboxylic acids is 1. The van der Waals surface area contributed by atoms with Crippen LogP contribution in [0.3, 0.4) is 0 Å². The maximum Gasteiger partial charge on any atom is 0.231 e. The molecule has 5 heteroatoms. The Kier molecular flexibility index (Phi) is 4.69. The van der Waals surface area contributed by atoms with Crippen molar-refractivity contribution in [3.63, 3.8) is 0 Å². The van der Waals surface area contributed by atoms with Crippen molar-refractivity contribution < 1.29 is 4.79 Å². The van der Waals surface area contributed by atoms with E-state index in [2.05, 4.69) is 30.9 Å². The summed E-state index contributed by atoms with van der Waals surface area (Å²) >= 11 is 1.64. The number of carbonyl (C=O) groups is 1. The normalized spacial score (nSPS) is 15.2. The fourth-order valence-corrected chi connectivity index (χ4v) is 4.12. The molecule has 0 spiro atoms. The van der Waals surface area contributed by atoms with E-state index in [9.17, 15) is 4.79 Å². The lowest BCUT2D eigenvalue weighted by molar-refractivity contribution is -0.124. The van der Waals surface area contributed by atoms with Crippen LogP contribution >= 0.6 is 11.3 Å². The van der Waals surface area contributed by atoms with Crippen molar-refractivity contribution in [3.05, 3.63) is 23.3 Å². The van der Waals surface area contributed by atoms with Crippen LogP contribution in [0, 0.1) is 19.8 Å². The zero-order valence-electron chi connectivity index (χ0n) is 14.4. The quantitative estimate of drug-likeness (QED) is 0.840. The monoisotopic (exact) mass is 331 g/mol. The van der Waals surface area contributed by atoms with Crippen LogP contribution in [-0.2, 0) is 4.79 Å². The molecule has 0 saturated heterocycles. The summed E-state index contributed by atoms with van der Waals surface area (Å²) in [6.07, 6.45) is 3.23. The number of amides is 1. The number of rotatable bonds is 5. The minimum Gasteiger partial charge on any atom is -0.308 e. The highest BCUT2D eigenvalue weighted by molar-refractivity contribution is 7.22. The third-order valence-corrected chi connectivity index (χ3v) is 5.57. The Morgan fingerprint density at radius 3 is 2.61 bits per heavy atom. The van der Waals surface area contributed by atoms with E-state index in [-0.39, 0.29) is 11.8 Å². The van der Waals surface area contributed by atoms with Crippen molar-refractivity contribution in [1.82, 2.24) is 9.88 Å². The van der Waals surface area contributed by atoms with E-state index < -0.39 is 0 Å². The predicted molar refractivity (Wildman–Crippen MR) is 97.3 cm³/mol. The molecule has 2 aromatic rings. The number of hydrogen-bond acceptors (Lipinski definition) is 4. The minimum atomic E-state index is 0.201. The van der Waals surface area contributed by atoms with E-state index in [0.29, 0.717) is 6.54 Å². The number of aromatic nitrogens is 1. The van der Waals surface area contributed by atoms with Crippen LogP contribution in [0.1, 0.15) is 30.4 Å². The molecule has 124 valence electrons. The molecule has 0 aliphatic heterocycles. The maximum absolute atomic E-state index is 12.8. The molecule has 0 bridgehead atoms. The van der Waals surface area contributed by atoms with E-state index in [1.807, 2.05) is 19.0 Å². The molecule has 0 N–H and O–H groups in total. The molecule has 0 unspecified atom stereocenters. The molecule has 3 rings (SSSR count). The van der Waals surface area contributed by atoms with Crippen LogP contribution in [0.15, 0.2) is 12.1 Å². The van der Waals surface area contributed by atoms with Gasteiger partial charge in [-0.05, 0) is 58.0 Å². The summed E-state index contributed by atoms with van der Waals surface area (Å²) in [6.45, 7) is 5.76. The summed E-state index contributed by atoms with van der Waals surface area (Å²) in [5.41, 5.74) is 3.47. The summed E-state index contributed by atoms with van der Waals surface area (Å²) in [5, 5.41) is 0.854. The second kappa shape index (κ2) is 6.57. The van der Waals surface area contributed by atoms with Crippen molar-refractivity contribution in [2.24, 2.45) is 5.92 Å². The molecule has 1 aromatic carbocycles. The van der Waals surface area contributed by atoms with Gasteiger partial charge in [0.25, 0.3) is 0 Å². The van der Waals surface area contributed by atoms with Gasteiger partial charge in [-0.25, -0.2) is 4.98 Å². The molecule has 0 radical (unpaired) electrons. The van der Waals surface area contributed by atoms with Crippen molar-refractivity contribution in [3.8, 4) is 0 Å². The smallest absolute Gasteiger partial charge is 0.231 e. The molecule has 1 amide bonds. The van der Waals surface area contributed by atoms with Crippen LogP contribution in [0.2, 0.25) is 0 Å². The molecular formula is C18H25N3OS. The van der Waals surface area contributed by atoms with Crippen LogP contribution in [-0.4, -0.2) is 43.0 Å². The molecule has 1 heterocycles. The molecule has 4 nitrogen and oxygen atoms in total. The van der Waals surface area contributed by atoms with Crippen molar-refractivity contribution in [2.45, 2.75) is 33.1 Å². The number of fused-ring (bicyclic) bond motifs is 1. The first kappa shape index (κ1) is 16.4. The Labute approximate surface area is 142 Å². The van der Waals surface area contributed by atoms with Crippen LogP contribution in [0.25, 0.3) is 10.2 Å². The number of hydrogen-bond donors (Lipinski definition) is 0. The summed E-state index contributed by atoms with van der Waals surface area (Å²) in [7, 11) is 4.08. The summed E-state index contributed by atoms with van der Waals surface area (Å²) in [5.74, 6) is 0.457. The minimum absolute atomic E-state index is 0.201.